The minimum absolute atomic E-state index is 0.0390. The molecule has 6 heteroatoms. The molecular formula is C47H56N6. The van der Waals surface area contributed by atoms with Crippen LogP contribution in [0.1, 0.15) is 111 Å². The Balaban J connectivity index is 1.13. The number of allylic oxidation sites excluding steroid dienone is 7. The van der Waals surface area contributed by atoms with Crippen molar-refractivity contribution in [3.05, 3.63) is 93.6 Å². The van der Waals surface area contributed by atoms with Crippen LogP contribution in [0.2, 0.25) is 0 Å². The normalized spacial score (nSPS) is 40.5. The third-order valence-electron chi connectivity index (χ3n) is 15.2. The van der Waals surface area contributed by atoms with Crippen LogP contribution in [-0.2, 0) is 0 Å². The fourth-order valence-corrected chi connectivity index (χ4v) is 12.6. The summed E-state index contributed by atoms with van der Waals surface area (Å²) in [6, 6.07) is 9.16. The predicted octanol–water partition coefficient (Wildman–Crippen LogP) is 9.59. The first-order chi connectivity index (χ1) is 25.8. The molecule has 1 saturated heterocycles. The number of nitrogens with one attached hydrogen (secondary N) is 1. The summed E-state index contributed by atoms with van der Waals surface area (Å²) >= 11 is 0. The van der Waals surface area contributed by atoms with Gasteiger partial charge in [-0.1, -0.05) is 56.7 Å². The monoisotopic (exact) mass is 704 g/mol. The standard InChI is InChI=1S/C47H56N6/c1-29-19-32(27-49)21-34(20-29)41-11-8-12-42(51-41)35-23-36(52-43-13-6-4-9-38(43)39-10-5-7-14-44(39)52)25-37(24-35)53-45-17-15-31(26-48)22-40(45)47(3)30(2)33(28-50)16-18-46(47)53/h6,13,15,17,19,21,23-24,29-31,33,37-38,41-43,46,51H,4-5,7-12,14,16,18,20,22,25H2,1-3H3. The number of fused-ring (bicyclic) bond motifs is 4. The van der Waals surface area contributed by atoms with Crippen LogP contribution in [0, 0.1) is 69.0 Å². The number of hydrogen-bond acceptors (Lipinski definition) is 6. The average Bonchev–Trinajstić information content (AvgIpc) is 3.67. The van der Waals surface area contributed by atoms with E-state index in [1.165, 1.54) is 73.1 Å². The Kier molecular flexibility index (Phi) is 8.95. The van der Waals surface area contributed by atoms with E-state index in [0.717, 1.165) is 50.5 Å². The largest absolute Gasteiger partial charge is 0.361 e. The molecule has 0 bridgehead atoms. The summed E-state index contributed by atoms with van der Waals surface area (Å²) in [7, 11) is 0. The van der Waals surface area contributed by atoms with E-state index in [2.05, 4.69) is 103 Å². The SMILES string of the molecule is CC1C=C(C#N)C=C(C2CCCC(C3=CC(N4C5=C(CC(C#N)C=C5)C5(C)C(C)C(C#N)CCC45)CC(N4C5=C(CCCC5)C5CCC=CC54)=C3)N2)C1. The van der Waals surface area contributed by atoms with E-state index in [-0.39, 0.29) is 41.3 Å². The molecule has 6 nitrogen and oxygen atoms in total. The molecule has 9 aliphatic rings. The molecule has 0 aromatic carbocycles. The molecule has 0 radical (unpaired) electrons. The van der Waals surface area contributed by atoms with Crippen LogP contribution in [-0.4, -0.2) is 40.0 Å². The van der Waals surface area contributed by atoms with E-state index in [9.17, 15) is 15.8 Å². The zero-order valence-corrected chi connectivity index (χ0v) is 32.0. The van der Waals surface area contributed by atoms with Gasteiger partial charge in [0.2, 0.25) is 0 Å². The van der Waals surface area contributed by atoms with Crippen molar-refractivity contribution in [2.45, 2.75) is 141 Å². The van der Waals surface area contributed by atoms with Gasteiger partial charge in [0, 0.05) is 64.5 Å². The highest BCUT2D eigenvalue weighted by Crippen LogP contribution is 2.60. The molecule has 0 amide bonds. The van der Waals surface area contributed by atoms with Crippen molar-refractivity contribution in [2.75, 3.05) is 0 Å². The molecule has 1 saturated carbocycles. The van der Waals surface area contributed by atoms with Crippen LogP contribution in [0.5, 0.6) is 0 Å². The maximum atomic E-state index is 10.3. The van der Waals surface area contributed by atoms with Gasteiger partial charge in [-0.25, -0.2) is 0 Å². The molecule has 0 spiro atoms. The second-order valence-corrected chi connectivity index (χ2v) is 18.0. The van der Waals surface area contributed by atoms with E-state index in [4.69, 9.17) is 0 Å². The minimum atomic E-state index is -0.141. The van der Waals surface area contributed by atoms with Crippen molar-refractivity contribution in [1.82, 2.24) is 15.1 Å². The highest BCUT2D eigenvalue weighted by molar-refractivity contribution is 5.48. The Morgan fingerprint density at radius 3 is 2.55 bits per heavy atom. The Morgan fingerprint density at radius 2 is 1.72 bits per heavy atom. The first kappa shape index (κ1) is 34.7. The predicted molar refractivity (Wildman–Crippen MR) is 209 cm³/mol. The second kappa shape index (κ2) is 13.7. The van der Waals surface area contributed by atoms with E-state index in [1.807, 2.05) is 0 Å². The fraction of sp³-hybridized carbons (Fsp3) is 0.596. The first-order valence-corrected chi connectivity index (χ1v) is 21.0. The smallest absolute Gasteiger partial charge is 0.0988 e. The summed E-state index contributed by atoms with van der Waals surface area (Å²) in [6.45, 7) is 6.99. The Morgan fingerprint density at radius 1 is 0.868 bits per heavy atom. The lowest BCUT2D eigenvalue weighted by atomic mass is 9.57. The molecule has 0 aromatic rings. The molecule has 11 unspecified atom stereocenters. The van der Waals surface area contributed by atoms with Crippen LogP contribution in [0.3, 0.4) is 0 Å². The number of hydrogen-bond donors (Lipinski definition) is 1. The van der Waals surface area contributed by atoms with Crippen LogP contribution < -0.4 is 5.32 Å². The zero-order chi connectivity index (χ0) is 36.4. The third kappa shape index (κ3) is 5.64. The molecule has 1 N–H and O–H groups in total. The summed E-state index contributed by atoms with van der Waals surface area (Å²) in [5.41, 5.74) is 11.1. The van der Waals surface area contributed by atoms with E-state index in [0.29, 0.717) is 23.9 Å². The average molecular weight is 705 g/mol. The van der Waals surface area contributed by atoms with Crippen LogP contribution in [0.15, 0.2) is 93.6 Å². The molecule has 11 atom stereocenters. The molecule has 0 aromatic heterocycles. The van der Waals surface area contributed by atoms with Gasteiger partial charge in [-0.2, -0.15) is 15.8 Å². The number of piperidine rings is 1. The zero-order valence-electron chi connectivity index (χ0n) is 32.0. The van der Waals surface area contributed by atoms with Gasteiger partial charge in [-0.05, 0) is 130 Å². The summed E-state index contributed by atoms with van der Waals surface area (Å²) in [5, 5.41) is 34.4. The van der Waals surface area contributed by atoms with Crippen molar-refractivity contribution < 1.29 is 0 Å². The van der Waals surface area contributed by atoms with Gasteiger partial charge in [0.1, 0.15) is 0 Å². The molecule has 3 heterocycles. The summed E-state index contributed by atoms with van der Waals surface area (Å²) in [5.74, 6) is 1.18. The Labute approximate surface area is 317 Å². The summed E-state index contributed by atoms with van der Waals surface area (Å²) in [4.78, 5) is 5.62. The van der Waals surface area contributed by atoms with Gasteiger partial charge < -0.3 is 15.1 Å². The third-order valence-corrected chi connectivity index (χ3v) is 15.2. The van der Waals surface area contributed by atoms with Crippen molar-refractivity contribution in [3.8, 4) is 18.2 Å². The highest BCUT2D eigenvalue weighted by atomic mass is 15.3. The molecule has 274 valence electrons. The Bertz CT molecular complexity index is 1930. The van der Waals surface area contributed by atoms with E-state index >= 15 is 0 Å². The topological polar surface area (TPSA) is 89.9 Å². The molecule has 53 heavy (non-hydrogen) atoms. The van der Waals surface area contributed by atoms with Gasteiger partial charge in [0.25, 0.3) is 0 Å². The number of nitrogens with zero attached hydrogens (tertiary/aromatic N) is 5. The molecular weight excluding hydrogens is 649 g/mol. The number of nitriles is 3. The van der Waals surface area contributed by atoms with Crippen molar-refractivity contribution in [3.63, 3.8) is 0 Å². The Hall–Kier alpha value is -4.05. The molecule has 9 rings (SSSR count). The van der Waals surface area contributed by atoms with Crippen LogP contribution in [0.25, 0.3) is 0 Å². The van der Waals surface area contributed by atoms with Gasteiger partial charge in [0.15, 0.2) is 0 Å². The maximum Gasteiger partial charge on any atom is 0.0988 e. The molecule has 3 aliphatic heterocycles. The van der Waals surface area contributed by atoms with Gasteiger partial charge >= 0.3 is 0 Å². The van der Waals surface area contributed by atoms with Crippen LogP contribution >= 0.6 is 0 Å². The van der Waals surface area contributed by atoms with Crippen LogP contribution in [0.4, 0.5) is 0 Å². The lowest BCUT2D eigenvalue weighted by molar-refractivity contribution is 0.0380. The summed E-state index contributed by atoms with van der Waals surface area (Å²) in [6.07, 6.45) is 34.5. The van der Waals surface area contributed by atoms with Crippen molar-refractivity contribution in [2.24, 2.45) is 35.0 Å². The second-order valence-electron chi connectivity index (χ2n) is 18.0. The highest BCUT2D eigenvalue weighted by Gasteiger charge is 2.58. The van der Waals surface area contributed by atoms with Crippen molar-refractivity contribution >= 4 is 0 Å². The van der Waals surface area contributed by atoms with E-state index < -0.39 is 0 Å². The van der Waals surface area contributed by atoms with Gasteiger partial charge in [0.05, 0.1) is 36.2 Å². The molecule has 6 aliphatic carbocycles. The van der Waals surface area contributed by atoms with Gasteiger partial charge in [-0.3, -0.25) is 0 Å². The molecule has 2 fully saturated rings. The summed E-state index contributed by atoms with van der Waals surface area (Å²) < 4.78 is 0. The first-order valence-electron chi connectivity index (χ1n) is 21.0. The lowest BCUT2D eigenvalue weighted by Crippen LogP contribution is -2.52. The van der Waals surface area contributed by atoms with Crippen molar-refractivity contribution in [1.29, 1.82) is 15.8 Å². The van der Waals surface area contributed by atoms with Gasteiger partial charge in [-0.15, -0.1) is 0 Å². The fourth-order valence-electron chi connectivity index (χ4n) is 12.6. The lowest BCUT2D eigenvalue weighted by Gasteiger charge is -2.50. The number of rotatable bonds is 4. The maximum absolute atomic E-state index is 10.3. The minimum Gasteiger partial charge on any atom is -0.361 e. The quantitative estimate of drug-likeness (QED) is 0.293. The van der Waals surface area contributed by atoms with E-state index in [1.54, 1.807) is 11.3 Å².